The van der Waals surface area contributed by atoms with Gasteiger partial charge in [-0.1, -0.05) is 0 Å². The molecule has 0 atom stereocenters. The predicted molar refractivity (Wildman–Crippen MR) is 65.9 cm³/mol. The Morgan fingerprint density at radius 3 is 2.86 bits per heavy atom. The summed E-state index contributed by atoms with van der Waals surface area (Å²) in [7, 11) is 0. The van der Waals surface area contributed by atoms with Gasteiger partial charge in [0.05, 0.1) is 8.49 Å². The summed E-state index contributed by atoms with van der Waals surface area (Å²) < 4.78 is 1.85. The molecule has 0 bridgehead atoms. The number of halogens is 1. The Labute approximate surface area is 98.0 Å². The lowest BCUT2D eigenvalue weighted by Gasteiger charge is -1.98. The van der Waals surface area contributed by atoms with Crippen molar-refractivity contribution in [2.45, 2.75) is 6.92 Å². The number of hydrogen-bond donors (Lipinski definition) is 0. The summed E-state index contributed by atoms with van der Waals surface area (Å²) in [5.74, 6) is 0. The molecule has 0 spiro atoms. The molecule has 0 aliphatic carbocycles. The van der Waals surface area contributed by atoms with Crippen LogP contribution in [-0.2, 0) is 0 Å². The SMILES string of the molecule is Cc1csc2ccc([N+](=O)[O-])c(I)c12. The van der Waals surface area contributed by atoms with Gasteiger partial charge in [-0.3, -0.25) is 10.1 Å². The number of fused-ring (bicyclic) bond motifs is 1. The number of benzene rings is 1. The van der Waals surface area contributed by atoms with Crippen molar-refractivity contribution in [3.63, 3.8) is 0 Å². The highest BCUT2D eigenvalue weighted by atomic mass is 127. The number of thiophene rings is 1. The zero-order chi connectivity index (χ0) is 10.3. The molecule has 2 aromatic rings. The molecule has 14 heavy (non-hydrogen) atoms. The van der Waals surface area contributed by atoms with Crippen LogP contribution in [0.25, 0.3) is 10.1 Å². The van der Waals surface area contributed by atoms with E-state index in [0.717, 1.165) is 19.2 Å². The molecule has 0 saturated heterocycles. The number of hydrogen-bond acceptors (Lipinski definition) is 3. The van der Waals surface area contributed by atoms with Gasteiger partial charge in [0.15, 0.2) is 0 Å². The molecule has 0 aliphatic rings. The van der Waals surface area contributed by atoms with Crippen molar-refractivity contribution in [2.75, 3.05) is 0 Å². The van der Waals surface area contributed by atoms with E-state index in [1.165, 1.54) is 0 Å². The molecule has 1 heterocycles. The zero-order valence-corrected chi connectivity index (χ0v) is 10.3. The van der Waals surface area contributed by atoms with Gasteiger partial charge in [0.1, 0.15) is 0 Å². The van der Waals surface area contributed by atoms with Crippen LogP contribution < -0.4 is 0 Å². The maximum atomic E-state index is 10.7. The molecule has 0 unspecified atom stereocenters. The molecule has 0 fully saturated rings. The maximum Gasteiger partial charge on any atom is 0.283 e. The molecule has 0 N–H and O–H groups in total. The van der Waals surface area contributed by atoms with E-state index in [1.54, 1.807) is 17.4 Å². The Morgan fingerprint density at radius 2 is 2.21 bits per heavy atom. The number of rotatable bonds is 1. The van der Waals surface area contributed by atoms with Gasteiger partial charge >= 0.3 is 0 Å². The quantitative estimate of drug-likeness (QED) is 0.457. The van der Waals surface area contributed by atoms with Gasteiger partial charge in [0.25, 0.3) is 5.69 Å². The van der Waals surface area contributed by atoms with Gasteiger partial charge in [0.2, 0.25) is 0 Å². The van der Waals surface area contributed by atoms with E-state index in [1.807, 2.05) is 41.0 Å². The molecular weight excluding hydrogens is 313 g/mol. The fourth-order valence-corrected chi connectivity index (χ4v) is 3.59. The van der Waals surface area contributed by atoms with E-state index < -0.39 is 0 Å². The first-order chi connectivity index (χ1) is 6.61. The second kappa shape index (κ2) is 3.47. The van der Waals surface area contributed by atoms with E-state index >= 15 is 0 Å². The Bertz CT molecular complexity index is 521. The molecule has 0 aliphatic heterocycles. The molecule has 0 saturated carbocycles. The summed E-state index contributed by atoms with van der Waals surface area (Å²) in [6.45, 7) is 1.98. The van der Waals surface area contributed by atoms with Gasteiger partial charge in [-0.15, -0.1) is 11.3 Å². The monoisotopic (exact) mass is 319 g/mol. The second-order valence-corrected chi connectivity index (χ2v) is 4.94. The Morgan fingerprint density at radius 1 is 1.50 bits per heavy atom. The first-order valence-electron chi connectivity index (χ1n) is 3.92. The van der Waals surface area contributed by atoms with Gasteiger partial charge < -0.3 is 0 Å². The Balaban J connectivity index is 2.86. The smallest absolute Gasteiger partial charge is 0.258 e. The van der Waals surface area contributed by atoms with E-state index in [0.29, 0.717) is 0 Å². The van der Waals surface area contributed by atoms with Crippen LogP contribution in [0.2, 0.25) is 0 Å². The summed E-state index contributed by atoms with van der Waals surface area (Å²) in [6.07, 6.45) is 0. The highest BCUT2D eigenvalue weighted by Gasteiger charge is 2.16. The number of nitro groups is 1. The molecule has 0 amide bonds. The van der Waals surface area contributed by atoms with Crippen LogP contribution in [0.5, 0.6) is 0 Å². The van der Waals surface area contributed by atoms with Crippen molar-refractivity contribution in [2.24, 2.45) is 0 Å². The highest BCUT2D eigenvalue weighted by Crippen LogP contribution is 2.34. The van der Waals surface area contributed by atoms with E-state index in [-0.39, 0.29) is 10.6 Å². The molecule has 72 valence electrons. The molecule has 5 heteroatoms. The molecular formula is C9H6INO2S. The van der Waals surface area contributed by atoms with Crippen LogP contribution in [0.15, 0.2) is 17.5 Å². The first-order valence-corrected chi connectivity index (χ1v) is 5.88. The van der Waals surface area contributed by atoms with Gasteiger partial charge in [-0.25, -0.2) is 0 Å². The lowest BCUT2D eigenvalue weighted by atomic mass is 10.2. The molecule has 3 nitrogen and oxygen atoms in total. The summed E-state index contributed by atoms with van der Waals surface area (Å²) in [5.41, 5.74) is 1.30. The summed E-state index contributed by atoms with van der Waals surface area (Å²) >= 11 is 3.66. The van der Waals surface area contributed by atoms with Crippen LogP contribution in [0, 0.1) is 20.6 Å². The number of nitrogens with zero attached hydrogens (tertiary/aromatic N) is 1. The average Bonchev–Trinajstić information content (AvgIpc) is 2.48. The van der Waals surface area contributed by atoms with Crippen LogP contribution in [0.3, 0.4) is 0 Å². The van der Waals surface area contributed by atoms with E-state index in [4.69, 9.17) is 0 Å². The predicted octanol–water partition coefficient (Wildman–Crippen LogP) is 3.72. The minimum absolute atomic E-state index is 0.194. The van der Waals surface area contributed by atoms with Crippen molar-refractivity contribution in [3.8, 4) is 0 Å². The van der Waals surface area contributed by atoms with Crippen molar-refractivity contribution in [3.05, 3.63) is 36.8 Å². The van der Waals surface area contributed by atoms with Crippen LogP contribution in [0.4, 0.5) is 5.69 Å². The minimum atomic E-state index is -0.335. The van der Waals surface area contributed by atoms with Crippen LogP contribution in [-0.4, -0.2) is 4.92 Å². The Kier molecular flexibility index (Phi) is 2.44. The topological polar surface area (TPSA) is 43.1 Å². The zero-order valence-electron chi connectivity index (χ0n) is 7.28. The minimum Gasteiger partial charge on any atom is -0.258 e. The van der Waals surface area contributed by atoms with Crippen molar-refractivity contribution in [1.29, 1.82) is 0 Å². The van der Waals surface area contributed by atoms with Gasteiger partial charge in [-0.05, 0) is 46.5 Å². The van der Waals surface area contributed by atoms with Crippen molar-refractivity contribution in [1.82, 2.24) is 0 Å². The van der Waals surface area contributed by atoms with Crippen LogP contribution >= 0.6 is 33.9 Å². The fourth-order valence-electron chi connectivity index (χ4n) is 1.36. The summed E-state index contributed by atoms with van der Waals surface area (Å²) in [4.78, 5) is 10.4. The first kappa shape index (κ1) is 9.85. The lowest BCUT2D eigenvalue weighted by Crippen LogP contribution is -1.91. The third kappa shape index (κ3) is 1.40. The molecule has 2 rings (SSSR count). The summed E-state index contributed by atoms with van der Waals surface area (Å²) in [5, 5.41) is 13.7. The number of aryl methyl sites for hydroxylation is 1. The molecule has 0 radical (unpaired) electrons. The third-order valence-corrected chi connectivity index (χ3v) is 4.19. The Hall–Kier alpha value is -0.690. The highest BCUT2D eigenvalue weighted by molar-refractivity contribution is 14.1. The van der Waals surface area contributed by atoms with Crippen molar-refractivity contribution < 1.29 is 4.92 Å². The largest absolute Gasteiger partial charge is 0.283 e. The molecule has 1 aromatic heterocycles. The number of nitro benzene ring substituents is 1. The summed E-state index contributed by atoms with van der Waals surface area (Å²) in [6, 6.07) is 3.38. The normalized spacial score (nSPS) is 10.7. The third-order valence-electron chi connectivity index (χ3n) is 2.04. The van der Waals surface area contributed by atoms with Gasteiger partial charge in [0, 0.05) is 16.2 Å². The molecule has 1 aromatic carbocycles. The fraction of sp³-hybridized carbons (Fsp3) is 0.111. The maximum absolute atomic E-state index is 10.7. The van der Waals surface area contributed by atoms with Gasteiger partial charge in [-0.2, -0.15) is 0 Å². The van der Waals surface area contributed by atoms with Crippen molar-refractivity contribution >= 4 is 49.7 Å². The standard InChI is InChI=1S/C9H6INO2S/c1-5-4-14-7-3-2-6(11(12)13)9(10)8(5)7/h2-4H,1H3. The second-order valence-electron chi connectivity index (χ2n) is 2.95. The van der Waals surface area contributed by atoms with E-state index in [9.17, 15) is 10.1 Å². The lowest BCUT2D eigenvalue weighted by molar-refractivity contribution is -0.385. The van der Waals surface area contributed by atoms with Crippen LogP contribution in [0.1, 0.15) is 5.56 Å². The average molecular weight is 319 g/mol. The van der Waals surface area contributed by atoms with E-state index in [2.05, 4.69) is 0 Å².